The van der Waals surface area contributed by atoms with E-state index in [0.717, 1.165) is 15.6 Å². The van der Waals surface area contributed by atoms with E-state index < -0.39 is 0 Å². The highest BCUT2D eigenvalue weighted by Crippen LogP contribution is 2.33. The summed E-state index contributed by atoms with van der Waals surface area (Å²) in [6.07, 6.45) is 0. The lowest BCUT2D eigenvalue weighted by atomic mass is 10.2. The molecule has 2 heterocycles. The Bertz CT molecular complexity index is 755. The molecule has 0 spiro atoms. The molecule has 0 saturated heterocycles. The normalized spacial score (nSPS) is 11.3. The summed E-state index contributed by atoms with van der Waals surface area (Å²) in [5, 5.41) is 12.7. The predicted molar refractivity (Wildman–Crippen MR) is 66.2 cm³/mol. The van der Waals surface area contributed by atoms with E-state index >= 15 is 0 Å². The number of para-hydroxylation sites is 1. The van der Waals surface area contributed by atoms with Gasteiger partial charge in [-0.15, -0.1) is 11.3 Å². The molecule has 3 nitrogen and oxygen atoms in total. The Hall–Kier alpha value is -1.81. The second-order valence-corrected chi connectivity index (χ2v) is 4.59. The average Bonchev–Trinajstić information content (AvgIpc) is 2.69. The summed E-state index contributed by atoms with van der Waals surface area (Å²) < 4.78 is 2.43. The summed E-state index contributed by atoms with van der Waals surface area (Å²) in [7, 11) is 1.72. The molecule has 0 bridgehead atoms. The number of rotatable bonds is 0. The van der Waals surface area contributed by atoms with Crippen LogP contribution in [0.1, 0.15) is 0 Å². The van der Waals surface area contributed by atoms with Crippen LogP contribution < -0.4 is 5.56 Å². The van der Waals surface area contributed by atoms with E-state index in [-0.39, 0.29) is 11.3 Å². The van der Waals surface area contributed by atoms with Crippen LogP contribution in [0.3, 0.4) is 0 Å². The van der Waals surface area contributed by atoms with E-state index in [1.165, 1.54) is 11.3 Å². The van der Waals surface area contributed by atoms with Crippen LogP contribution in [0.4, 0.5) is 0 Å². The van der Waals surface area contributed by atoms with Crippen molar-refractivity contribution < 1.29 is 5.11 Å². The van der Waals surface area contributed by atoms with Gasteiger partial charge in [-0.05, 0) is 6.07 Å². The van der Waals surface area contributed by atoms with E-state index in [1.807, 2.05) is 24.3 Å². The van der Waals surface area contributed by atoms with Gasteiger partial charge in [-0.25, -0.2) is 0 Å². The van der Waals surface area contributed by atoms with Crippen molar-refractivity contribution in [3.63, 3.8) is 0 Å². The molecule has 0 saturated carbocycles. The summed E-state index contributed by atoms with van der Waals surface area (Å²) in [6, 6.07) is 7.71. The number of aryl methyl sites for hydroxylation is 1. The number of aromatic hydroxyl groups is 1. The maximum Gasteiger partial charge on any atom is 0.263 e. The van der Waals surface area contributed by atoms with Gasteiger partial charge in [-0.3, -0.25) is 4.79 Å². The van der Waals surface area contributed by atoms with Gasteiger partial charge in [0.25, 0.3) is 5.56 Å². The summed E-state index contributed by atoms with van der Waals surface area (Å²) in [5.41, 5.74) is 0.745. The maximum absolute atomic E-state index is 12.0. The van der Waals surface area contributed by atoms with Crippen molar-refractivity contribution in [3.05, 3.63) is 40.0 Å². The van der Waals surface area contributed by atoms with Gasteiger partial charge in [-0.2, -0.15) is 0 Å². The van der Waals surface area contributed by atoms with Crippen LogP contribution in [-0.2, 0) is 7.05 Å². The monoisotopic (exact) mass is 231 g/mol. The molecule has 0 atom stereocenters. The first-order valence-electron chi connectivity index (χ1n) is 4.88. The zero-order valence-electron chi connectivity index (χ0n) is 8.60. The summed E-state index contributed by atoms with van der Waals surface area (Å²) >= 11 is 1.40. The molecular weight excluding hydrogens is 222 g/mol. The molecule has 16 heavy (non-hydrogen) atoms. The molecule has 1 N–H and O–H groups in total. The second-order valence-electron chi connectivity index (χ2n) is 3.71. The molecule has 3 aromatic rings. The van der Waals surface area contributed by atoms with Crippen molar-refractivity contribution in [2.45, 2.75) is 0 Å². The first kappa shape index (κ1) is 9.42. The number of fused-ring (bicyclic) bond motifs is 3. The molecule has 0 aliphatic rings. The van der Waals surface area contributed by atoms with Gasteiger partial charge in [0.2, 0.25) is 0 Å². The quantitative estimate of drug-likeness (QED) is 0.645. The Balaban J connectivity index is 2.76. The zero-order valence-corrected chi connectivity index (χ0v) is 9.41. The first-order valence-corrected chi connectivity index (χ1v) is 5.76. The van der Waals surface area contributed by atoms with E-state index in [2.05, 4.69) is 0 Å². The van der Waals surface area contributed by atoms with E-state index in [1.54, 1.807) is 17.0 Å². The molecule has 0 unspecified atom stereocenters. The second kappa shape index (κ2) is 3.09. The minimum absolute atomic E-state index is 0.0753. The van der Waals surface area contributed by atoms with Gasteiger partial charge in [0.05, 0.1) is 10.2 Å². The zero-order chi connectivity index (χ0) is 11.3. The van der Waals surface area contributed by atoms with Gasteiger partial charge in [0.1, 0.15) is 11.1 Å². The predicted octanol–water partition coefficient (Wildman–Crippen LogP) is 2.46. The fourth-order valence-electron chi connectivity index (χ4n) is 1.99. The average molecular weight is 231 g/mol. The highest BCUT2D eigenvalue weighted by molar-refractivity contribution is 7.18. The van der Waals surface area contributed by atoms with E-state index in [4.69, 9.17) is 0 Å². The number of thiophene rings is 1. The summed E-state index contributed by atoms with van der Waals surface area (Å²) in [5.74, 6) is 0.0753. The van der Waals surface area contributed by atoms with Gasteiger partial charge >= 0.3 is 0 Å². The summed E-state index contributed by atoms with van der Waals surface area (Å²) in [4.78, 5) is 12.0. The number of pyridine rings is 1. The van der Waals surface area contributed by atoms with Gasteiger partial charge < -0.3 is 9.67 Å². The van der Waals surface area contributed by atoms with Crippen LogP contribution >= 0.6 is 11.3 Å². The third-order valence-electron chi connectivity index (χ3n) is 2.80. The van der Waals surface area contributed by atoms with Crippen LogP contribution in [0.25, 0.3) is 21.0 Å². The lowest BCUT2D eigenvalue weighted by molar-refractivity contribution is 0.483. The molecule has 0 aliphatic carbocycles. The number of benzene rings is 1. The summed E-state index contributed by atoms with van der Waals surface area (Å²) in [6.45, 7) is 0. The van der Waals surface area contributed by atoms with Crippen molar-refractivity contribution in [1.29, 1.82) is 0 Å². The molecule has 4 heteroatoms. The molecule has 1 aromatic carbocycles. The molecule has 3 rings (SSSR count). The third kappa shape index (κ3) is 1.05. The van der Waals surface area contributed by atoms with Crippen molar-refractivity contribution in [3.8, 4) is 5.75 Å². The van der Waals surface area contributed by atoms with Crippen molar-refractivity contribution in [1.82, 2.24) is 4.57 Å². The standard InChI is InChI=1S/C12H9NO2S/c1-13-8-5-3-2-4-7(8)11-10(12(13)15)9(14)6-16-11/h2-6,14H,1H3. The van der Waals surface area contributed by atoms with Crippen molar-refractivity contribution in [2.24, 2.45) is 7.05 Å². The SMILES string of the molecule is Cn1c(=O)c2c(O)csc2c2ccccc21. The Morgan fingerprint density at radius 1 is 1.31 bits per heavy atom. The molecular formula is C12H9NO2S. The van der Waals surface area contributed by atoms with Crippen LogP contribution in [0.5, 0.6) is 5.75 Å². The molecule has 2 aromatic heterocycles. The fourth-order valence-corrected chi connectivity index (χ4v) is 2.95. The Morgan fingerprint density at radius 3 is 2.88 bits per heavy atom. The van der Waals surface area contributed by atoms with Gasteiger partial charge in [0, 0.05) is 17.8 Å². The minimum Gasteiger partial charge on any atom is -0.506 e. The molecule has 0 aliphatic heterocycles. The van der Waals surface area contributed by atoms with E-state index in [0.29, 0.717) is 5.39 Å². The molecule has 80 valence electrons. The van der Waals surface area contributed by atoms with Crippen LogP contribution in [0.2, 0.25) is 0 Å². The fraction of sp³-hybridized carbons (Fsp3) is 0.0833. The minimum atomic E-state index is -0.146. The Labute approximate surface area is 95.2 Å². The van der Waals surface area contributed by atoms with Crippen LogP contribution in [0, 0.1) is 0 Å². The Kier molecular flexibility index (Phi) is 1.82. The number of nitrogens with zero attached hydrogens (tertiary/aromatic N) is 1. The van der Waals surface area contributed by atoms with E-state index in [9.17, 15) is 9.90 Å². The van der Waals surface area contributed by atoms with Gasteiger partial charge in [-0.1, -0.05) is 18.2 Å². The molecule has 0 amide bonds. The first-order chi connectivity index (χ1) is 7.70. The molecule has 0 fully saturated rings. The Morgan fingerprint density at radius 2 is 2.06 bits per heavy atom. The lowest BCUT2D eigenvalue weighted by Gasteiger charge is -2.05. The van der Waals surface area contributed by atoms with Gasteiger partial charge in [0.15, 0.2) is 0 Å². The number of hydrogen-bond acceptors (Lipinski definition) is 3. The third-order valence-corrected chi connectivity index (χ3v) is 3.80. The molecule has 0 radical (unpaired) electrons. The maximum atomic E-state index is 12.0. The van der Waals surface area contributed by atoms with Crippen LogP contribution in [0.15, 0.2) is 34.4 Å². The largest absolute Gasteiger partial charge is 0.506 e. The topological polar surface area (TPSA) is 42.2 Å². The van der Waals surface area contributed by atoms with Crippen LogP contribution in [-0.4, -0.2) is 9.67 Å². The van der Waals surface area contributed by atoms with Crippen molar-refractivity contribution >= 4 is 32.3 Å². The number of hydrogen-bond donors (Lipinski definition) is 1. The highest BCUT2D eigenvalue weighted by atomic mass is 32.1. The lowest BCUT2D eigenvalue weighted by Crippen LogP contribution is -2.16. The smallest absolute Gasteiger partial charge is 0.263 e. The number of aromatic nitrogens is 1. The highest BCUT2D eigenvalue weighted by Gasteiger charge is 2.12. The van der Waals surface area contributed by atoms with Crippen molar-refractivity contribution in [2.75, 3.05) is 0 Å².